The van der Waals surface area contributed by atoms with Crippen LogP contribution in [0.5, 0.6) is 0 Å². The lowest BCUT2D eigenvalue weighted by Crippen LogP contribution is -2.28. The summed E-state index contributed by atoms with van der Waals surface area (Å²) in [5.41, 5.74) is 0. The predicted molar refractivity (Wildman–Crippen MR) is 48.4 cm³/mol. The summed E-state index contributed by atoms with van der Waals surface area (Å²) >= 11 is 9.03. The molecule has 1 unspecified atom stereocenters. The molecule has 0 rings (SSSR count). The van der Waals surface area contributed by atoms with Crippen molar-refractivity contribution >= 4 is 32.9 Å². The Bertz CT molecular complexity index is 91.7. The average Bonchev–Trinajstić information content (AvgIpc) is 1.84. The maximum atomic E-state index is 5.83. The van der Waals surface area contributed by atoms with Crippen LogP contribution < -0.4 is 0 Å². The van der Waals surface area contributed by atoms with Crippen LogP contribution in [-0.2, 0) is 8.85 Å². The van der Waals surface area contributed by atoms with Gasteiger partial charge in [-0.3, -0.25) is 0 Å². The monoisotopic (exact) mass is 246 g/mol. The number of rotatable bonds is 5. The first-order valence-electron chi connectivity index (χ1n) is 3.28. The summed E-state index contributed by atoms with van der Waals surface area (Å²) in [6, 6.07) is 0. The fraction of sp³-hybridized carbons (Fsp3) is 1.00. The molecule has 0 aromatic rings. The second-order valence-corrected chi connectivity index (χ2v) is 9.24. The molecule has 0 fully saturated rings. The van der Waals surface area contributed by atoms with Crippen molar-refractivity contribution < 1.29 is 8.85 Å². The van der Waals surface area contributed by atoms with Crippen LogP contribution >= 0.6 is 26.4 Å². The van der Waals surface area contributed by atoms with Gasteiger partial charge < -0.3 is 8.85 Å². The first kappa shape index (κ1) is 10.9. The molecule has 1 atom stereocenters. The highest BCUT2D eigenvalue weighted by molar-refractivity contribution is 9.26. The molecular formula is C5H12BrClO2Si. The number of halogens is 2. The molecule has 0 saturated heterocycles. The van der Waals surface area contributed by atoms with Crippen LogP contribution in [0.1, 0.15) is 20.3 Å². The molecule has 0 spiro atoms. The molecule has 0 N–H and O–H groups in total. The van der Waals surface area contributed by atoms with Crippen LogP contribution in [0.3, 0.4) is 0 Å². The zero-order valence-electron chi connectivity index (χ0n) is 6.19. The van der Waals surface area contributed by atoms with Crippen LogP contribution in [0.15, 0.2) is 0 Å². The van der Waals surface area contributed by atoms with Gasteiger partial charge in [0.2, 0.25) is 0 Å². The molecule has 0 saturated carbocycles. The van der Waals surface area contributed by atoms with Crippen molar-refractivity contribution in [3.05, 3.63) is 0 Å². The van der Waals surface area contributed by atoms with E-state index in [0.29, 0.717) is 13.2 Å². The van der Waals surface area contributed by atoms with E-state index in [1.54, 1.807) is 0 Å². The lowest BCUT2D eigenvalue weighted by molar-refractivity contribution is 0.216. The summed E-state index contributed by atoms with van der Waals surface area (Å²) in [4.78, 5) is 0. The van der Waals surface area contributed by atoms with Gasteiger partial charge in [-0.05, 0) is 28.6 Å². The van der Waals surface area contributed by atoms with Crippen molar-refractivity contribution in [3.8, 4) is 0 Å². The van der Waals surface area contributed by atoms with E-state index in [1.165, 1.54) is 0 Å². The standard InChI is InChI=1S/C5H12BrClO2Si/c1-3-5-9-10(6,7)8-4-2/h3-5H2,1-2H3. The average molecular weight is 248 g/mol. The molecule has 0 aromatic heterocycles. The highest BCUT2D eigenvalue weighted by Gasteiger charge is 2.31. The summed E-state index contributed by atoms with van der Waals surface area (Å²) < 4.78 is 10.3. The molecule has 0 aliphatic carbocycles. The molecule has 0 aliphatic heterocycles. The van der Waals surface area contributed by atoms with Crippen molar-refractivity contribution in [3.63, 3.8) is 0 Å². The summed E-state index contributed by atoms with van der Waals surface area (Å²) in [5, 5.41) is 0. The largest absolute Gasteiger partial charge is 0.520 e. The van der Waals surface area contributed by atoms with Crippen molar-refractivity contribution in [1.82, 2.24) is 0 Å². The Morgan fingerprint density at radius 2 is 2.00 bits per heavy atom. The van der Waals surface area contributed by atoms with Crippen LogP contribution in [0.4, 0.5) is 0 Å². The second-order valence-electron chi connectivity index (χ2n) is 1.74. The van der Waals surface area contributed by atoms with E-state index < -0.39 is 6.49 Å². The normalized spacial score (nSPS) is 16.8. The van der Waals surface area contributed by atoms with E-state index in [4.69, 9.17) is 19.9 Å². The number of hydrogen-bond acceptors (Lipinski definition) is 2. The fourth-order valence-corrected chi connectivity index (χ4v) is 3.02. The van der Waals surface area contributed by atoms with Gasteiger partial charge in [0.15, 0.2) is 0 Å². The summed E-state index contributed by atoms with van der Waals surface area (Å²) in [6.45, 7) is 2.72. The molecule has 0 aliphatic rings. The molecule has 0 amide bonds. The Balaban J connectivity index is 3.42. The summed E-state index contributed by atoms with van der Waals surface area (Å²) in [5.74, 6) is 0. The molecule has 5 heteroatoms. The summed E-state index contributed by atoms with van der Waals surface area (Å²) in [6.07, 6.45) is 0.958. The highest BCUT2D eigenvalue weighted by atomic mass is 79.9. The van der Waals surface area contributed by atoms with Crippen LogP contribution in [-0.4, -0.2) is 19.7 Å². The van der Waals surface area contributed by atoms with Gasteiger partial charge >= 0.3 is 6.49 Å². The van der Waals surface area contributed by atoms with E-state index in [-0.39, 0.29) is 0 Å². The van der Waals surface area contributed by atoms with E-state index >= 15 is 0 Å². The first-order chi connectivity index (χ1) is 4.62. The second kappa shape index (κ2) is 5.54. The molecule has 0 bridgehead atoms. The van der Waals surface area contributed by atoms with E-state index in [9.17, 15) is 0 Å². The smallest absolute Gasteiger partial charge is 0.375 e. The van der Waals surface area contributed by atoms with Gasteiger partial charge in [0.1, 0.15) is 0 Å². The van der Waals surface area contributed by atoms with E-state index in [0.717, 1.165) is 6.42 Å². The van der Waals surface area contributed by atoms with Gasteiger partial charge in [-0.15, -0.1) is 0 Å². The molecule has 62 valence electrons. The lowest BCUT2D eigenvalue weighted by Gasteiger charge is -2.15. The molecule has 10 heavy (non-hydrogen) atoms. The summed E-state index contributed by atoms with van der Waals surface area (Å²) in [7, 11) is 0. The van der Waals surface area contributed by atoms with Gasteiger partial charge in [0.25, 0.3) is 0 Å². The van der Waals surface area contributed by atoms with Gasteiger partial charge in [-0.1, -0.05) is 18.0 Å². The van der Waals surface area contributed by atoms with Crippen LogP contribution in [0, 0.1) is 0 Å². The topological polar surface area (TPSA) is 18.5 Å². The van der Waals surface area contributed by atoms with Crippen LogP contribution in [0.25, 0.3) is 0 Å². The van der Waals surface area contributed by atoms with Gasteiger partial charge in [0.05, 0.1) is 0 Å². The zero-order chi connectivity index (χ0) is 8.04. The fourth-order valence-electron chi connectivity index (χ4n) is 0.431. The third kappa shape index (κ3) is 5.67. The van der Waals surface area contributed by atoms with Gasteiger partial charge in [0, 0.05) is 13.2 Å². The molecule has 0 radical (unpaired) electrons. The first-order valence-corrected chi connectivity index (χ1v) is 8.36. The van der Waals surface area contributed by atoms with Gasteiger partial charge in [-0.25, -0.2) is 0 Å². The molecule has 0 aromatic carbocycles. The van der Waals surface area contributed by atoms with Crippen molar-refractivity contribution in [2.75, 3.05) is 13.2 Å². The van der Waals surface area contributed by atoms with Crippen molar-refractivity contribution in [1.29, 1.82) is 0 Å². The Morgan fingerprint density at radius 1 is 1.40 bits per heavy atom. The Labute approximate surface area is 75.4 Å². The minimum absolute atomic E-state index is 0.588. The predicted octanol–water partition coefficient (Wildman–Crippen LogP) is 2.52. The minimum atomic E-state index is -2.44. The lowest BCUT2D eigenvalue weighted by atomic mass is 10.5. The van der Waals surface area contributed by atoms with Crippen molar-refractivity contribution in [2.24, 2.45) is 0 Å². The zero-order valence-corrected chi connectivity index (χ0v) is 9.54. The number of hydrogen-bond donors (Lipinski definition) is 0. The third-order valence-corrected chi connectivity index (χ3v) is 3.98. The minimum Gasteiger partial charge on any atom is -0.375 e. The highest BCUT2D eigenvalue weighted by Crippen LogP contribution is 2.20. The Hall–Kier alpha value is 0.907. The van der Waals surface area contributed by atoms with Crippen LogP contribution in [0.2, 0.25) is 0 Å². The molecular weight excluding hydrogens is 235 g/mol. The molecule has 0 heterocycles. The maximum Gasteiger partial charge on any atom is 0.520 e. The Kier molecular flexibility index (Phi) is 6.05. The maximum absolute atomic E-state index is 5.83. The van der Waals surface area contributed by atoms with E-state index in [2.05, 4.69) is 15.3 Å². The van der Waals surface area contributed by atoms with Crippen molar-refractivity contribution in [2.45, 2.75) is 20.3 Å². The quantitative estimate of drug-likeness (QED) is 0.549. The molecule has 2 nitrogen and oxygen atoms in total. The Morgan fingerprint density at radius 3 is 2.40 bits per heavy atom. The third-order valence-electron chi connectivity index (χ3n) is 0.787. The SMILES string of the molecule is CCCO[Si](Cl)(Br)OCC. The van der Waals surface area contributed by atoms with E-state index in [1.807, 2.05) is 13.8 Å². The van der Waals surface area contributed by atoms with Gasteiger partial charge in [-0.2, -0.15) is 0 Å².